The van der Waals surface area contributed by atoms with E-state index >= 15 is 0 Å². The van der Waals surface area contributed by atoms with Crippen molar-refractivity contribution >= 4 is 0 Å². The van der Waals surface area contributed by atoms with Crippen LogP contribution in [0.4, 0.5) is 0 Å². The van der Waals surface area contributed by atoms with Gasteiger partial charge in [0.2, 0.25) is 0 Å². The molecule has 3 saturated carbocycles. The van der Waals surface area contributed by atoms with Gasteiger partial charge in [-0.1, -0.05) is 12.8 Å². The highest BCUT2D eigenvalue weighted by atomic mass is 15.0. The van der Waals surface area contributed by atoms with Gasteiger partial charge in [-0.3, -0.25) is 0 Å². The minimum Gasteiger partial charge on any atom is -0.311 e. The summed E-state index contributed by atoms with van der Waals surface area (Å²) in [5.74, 6) is 3.10. The summed E-state index contributed by atoms with van der Waals surface area (Å²) in [6, 6.07) is 1.69. The van der Waals surface area contributed by atoms with Crippen LogP contribution in [0.3, 0.4) is 0 Å². The van der Waals surface area contributed by atoms with Crippen LogP contribution >= 0.6 is 0 Å². The molecule has 3 aliphatic rings. The molecule has 0 saturated heterocycles. The lowest BCUT2D eigenvalue weighted by Crippen LogP contribution is -2.42. The summed E-state index contributed by atoms with van der Waals surface area (Å²) in [6.07, 6.45) is 11.9. The minimum atomic E-state index is 0.790. The predicted molar refractivity (Wildman–Crippen MR) is 63.8 cm³/mol. The second kappa shape index (κ2) is 4.08. The Morgan fingerprint density at radius 3 is 1.80 bits per heavy atom. The fourth-order valence-electron chi connectivity index (χ4n) is 3.46. The molecule has 1 N–H and O–H groups in total. The van der Waals surface area contributed by atoms with E-state index in [1.807, 2.05) is 0 Å². The maximum absolute atomic E-state index is 3.98. The summed E-state index contributed by atoms with van der Waals surface area (Å²) < 4.78 is 0. The van der Waals surface area contributed by atoms with Crippen molar-refractivity contribution < 1.29 is 0 Å². The van der Waals surface area contributed by atoms with Crippen LogP contribution in [0, 0.1) is 17.8 Å². The Hall–Kier alpha value is -0.0400. The lowest BCUT2D eigenvalue weighted by molar-refractivity contribution is 0.304. The van der Waals surface area contributed by atoms with E-state index in [0.717, 1.165) is 29.8 Å². The molecular weight excluding hydrogens is 182 g/mol. The van der Waals surface area contributed by atoms with Crippen LogP contribution in [-0.2, 0) is 0 Å². The van der Waals surface area contributed by atoms with E-state index in [9.17, 15) is 0 Å². The fourth-order valence-corrected chi connectivity index (χ4v) is 3.46. The molecule has 0 aliphatic heterocycles. The van der Waals surface area contributed by atoms with Crippen molar-refractivity contribution in [3.8, 4) is 0 Å². The monoisotopic (exact) mass is 207 g/mol. The zero-order valence-corrected chi connectivity index (χ0v) is 10.0. The van der Waals surface area contributed by atoms with Crippen LogP contribution in [0.2, 0.25) is 0 Å². The molecule has 0 heterocycles. The third-order valence-corrected chi connectivity index (χ3v) is 4.82. The van der Waals surface area contributed by atoms with Gasteiger partial charge in [0.05, 0.1) is 0 Å². The first kappa shape index (κ1) is 10.1. The van der Waals surface area contributed by atoms with Gasteiger partial charge in [0, 0.05) is 12.1 Å². The molecule has 0 spiro atoms. The Morgan fingerprint density at radius 2 is 1.33 bits per heavy atom. The molecule has 0 aromatic rings. The number of hydrogen-bond donors (Lipinski definition) is 1. The van der Waals surface area contributed by atoms with Crippen LogP contribution < -0.4 is 5.32 Å². The summed E-state index contributed by atoms with van der Waals surface area (Å²) in [5.41, 5.74) is 0. The molecule has 3 rings (SSSR count). The first-order valence-corrected chi connectivity index (χ1v) is 7.10. The third kappa shape index (κ3) is 2.38. The maximum atomic E-state index is 3.98. The van der Waals surface area contributed by atoms with Crippen LogP contribution in [0.25, 0.3) is 0 Å². The SMILES string of the molecule is CC(NC(C1CC1)C1CC1)C1CCCC1. The Morgan fingerprint density at radius 1 is 0.800 bits per heavy atom. The van der Waals surface area contributed by atoms with Crippen LogP contribution in [-0.4, -0.2) is 12.1 Å². The first-order valence-electron chi connectivity index (χ1n) is 7.10. The van der Waals surface area contributed by atoms with Crippen molar-refractivity contribution in [1.29, 1.82) is 0 Å². The largest absolute Gasteiger partial charge is 0.311 e. The predicted octanol–water partition coefficient (Wildman–Crippen LogP) is 3.34. The molecule has 0 bridgehead atoms. The highest BCUT2D eigenvalue weighted by molar-refractivity contribution is 4.98. The topological polar surface area (TPSA) is 12.0 Å². The average Bonchev–Trinajstić information content (AvgIpc) is 3.15. The van der Waals surface area contributed by atoms with Crippen LogP contribution in [0.1, 0.15) is 58.3 Å². The lowest BCUT2D eigenvalue weighted by Gasteiger charge is -2.27. The fraction of sp³-hybridized carbons (Fsp3) is 1.00. The van der Waals surface area contributed by atoms with Crippen molar-refractivity contribution in [3.05, 3.63) is 0 Å². The van der Waals surface area contributed by atoms with Gasteiger partial charge in [0.25, 0.3) is 0 Å². The van der Waals surface area contributed by atoms with Crippen molar-refractivity contribution in [2.75, 3.05) is 0 Å². The Bertz CT molecular complexity index is 199. The highest BCUT2D eigenvalue weighted by Gasteiger charge is 2.42. The Kier molecular flexibility index (Phi) is 2.76. The molecule has 0 radical (unpaired) electrons. The smallest absolute Gasteiger partial charge is 0.0126 e. The normalized spacial score (nSPS) is 30.0. The molecule has 1 nitrogen and oxygen atoms in total. The molecule has 0 aromatic heterocycles. The lowest BCUT2D eigenvalue weighted by atomic mass is 9.97. The van der Waals surface area contributed by atoms with Crippen LogP contribution in [0.5, 0.6) is 0 Å². The van der Waals surface area contributed by atoms with E-state index in [-0.39, 0.29) is 0 Å². The molecule has 1 heteroatoms. The molecule has 3 fully saturated rings. The summed E-state index contributed by atoms with van der Waals surface area (Å²) >= 11 is 0. The van der Waals surface area contributed by atoms with Crippen molar-refractivity contribution in [2.45, 2.75) is 70.4 Å². The van der Waals surface area contributed by atoms with Gasteiger partial charge >= 0.3 is 0 Å². The molecule has 86 valence electrons. The van der Waals surface area contributed by atoms with E-state index in [1.54, 1.807) is 0 Å². The number of rotatable bonds is 5. The van der Waals surface area contributed by atoms with Gasteiger partial charge in [0.1, 0.15) is 0 Å². The second-order valence-corrected chi connectivity index (χ2v) is 6.20. The Balaban J connectivity index is 1.52. The van der Waals surface area contributed by atoms with Gasteiger partial charge in [-0.25, -0.2) is 0 Å². The van der Waals surface area contributed by atoms with Gasteiger partial charge in [-0.2, -0.15) is 0 Å². The van der Waals surface area contributed by atoms with Crippen molar-refractivity contribution in [2.24, 2.45) is 17.8 Å². The summed E-state index contributed by atoms with van der Waals surface area (Å²) in [6.45, 7) is 2.44. The van der Waals surface area contributed by atoms with E-state index in [4.69, 9.17) is 0 Å². The number of hydrogen-bond acceptors (Lipinski definition) is 1. The summed E-state index contributed by atoms with van der Waals surface area (Å²) in [4.78, 5) is 0. The van der Waals surface area contributed by atoms with Crippen molar-refractivity contribution in [3.63, 3.8) is 0 Å². The van der Waals surface area contributed by atoms with Gasteiger partial charge in [0.15, 0.2) is 0 Å². The van der Waals surface area contributed by atoms with E-state index in [2.05, 4.69) is 12.2 Å². The number of nitrogens with one attached hydrogen (secondary N) is 1. The van der Waals surface area contributed by atoms with Gasteiger partial charge in [-0.15, -0.1) is 0 Å². The van der Waals surface area contributed by atoms with Gasteiger partial charge in [-0.05, 0) is 63.2 Å². The molecule has 15 heavy (non-hydrogen) atoms. The van der Waals surface area contributed by atoms with E-state index in [1.165, 1.54) is 51.4 Å². The Labute approximate surface area is 94.0 Å². The summed E-state index contributed by atoms with van der Waals surface area (Å²) in [5, 5.41) is 3.98. The standard InChI is InChI=1S/C14H25N/c1-10(11-4-2-3-5-11)15-14(12-6-7-12)13-8-9-13/h10-15H,2-9H2,1H3. The third-order valence-electron chi connectivity index (χ3n) is 4.82. The molecule has 1 unspecified atom stereocenters. The second-order valence-electron chi connectivity index (χ2n) is 6.20. The van der Waals surface area contributed by atoms with Crippen molar-refractivity contribution in [1.82, 2.24) is 5.32 Å². The quantitative estimate of drug-likeness (QED) is 0.729. The zero-order valence-electron chi connectivity index (χ0n) is 10.0. The van der Waals surface area contributed by atoms with E-state index < -0.39 is 0 Å². The van der Waals surface area contributed by atoms with Crippen LogP contribution in [0.15, 0.2) is 0 Å². The molecule has 3 aliphatic carbocycles. The molecular formula is C14H25N. The average molecular weight is 207 g/mol. The molecule has 0 aromatic carbocycles. The van der Waals surface area contributed by atoms with E-state index in [0.29, 0.717) is 0 Å². The molecule has 1 atom stereocenters. The zero-order chi connectivity index (χ0) is 10.3. The minimum absolute atomic E-state index is 0.790. The van der Waals surface area contributed by atoms with Gasteiger partial charge < -0.3 is 5.32 Å². The summed E-state index contributed by atoms with van der Waals surface area (Å²) in [7, 11) is 0. The highest BCUT2D eigenvalue weighted by Crippen LogP contribution is 2.45. The maximum Gasteiger partial charge on any atom is 0.0126 e. The molecule has 0 amide bonds. The first-order chi connectivity index (χ1) is 7.34.